The van der Waals surface area contributed by atoms with Gasteiger partial charge in [0.25, 0.3) is 0 Å². The predicted octanol–water partition coefficient (Wildman–Crippen LogP) is 5.21. The summed E-state index contributed by atoms with van der Waals surface area (Å²) in [5.74, 6) is 1.48. The van der Waals surface area contributed by atoms with Crippen molar-refractivity contribution in [3.05, 3.63) is 78.9 Å². The molecule has 1 N–H and O–H groups in total. The molecule has 0 saturated carbocycles. The molecule has 132 valence electrons. The van der Waals surface area contributed by atoms with E-state index in [1.165, 1.54) is 5.56 Å². The van der Waals surface area contributed by atoms with Gasteiger partial charge in [-0.3, -0.25) is 0 Å². The molecule has 4 heteroatoms. The van der Waals surface area contributed by atoms with E-state index < -0.39 is 0 Å². The highest BCUT2D eigenvalue weighted by Gasteiger charge is 2.14. The van der Waals surface area contributed by atoms with Crippen LogP contribution in [-0.4, -0.2) is 23.1 Å². The molecule has 3 rings (SSSR count). The largest absolute Gasteiger partial charge is 0.366 e. The monoisotopic (exact) mass is 344 g/mol. The van der Waals surface area contributed by atoms with Crippen molar-refractivity contribution < 1.29 is 0 Å². The molecule has 0 aliphatic heterocycles. The zero-order chi connectivity index (χ0) is 18.4. The van der Waals surface area contributed by atoms with Crippen LogP contribution in [0.15, 0.2) is 73.3 Å². The van der Waals surface area contributed by atoms with Gasteiger partial charge in [0.15, 0.2) is 0 Å². The summed E-state index contributed by atoms with van der Waals surface area (Å²) >= 11 is 0. The maximum absolute atomic E-state index is 4.84. The number of anilines is 3. The van der Waals surface area contributed by atoms with E-state index >= 15 is 0 Å². The molecule has 0 atom stereocenters. The molecule has 0 aliphatic carbocycles. The molecule has 26 heavy (non-hydrogen) atoms. The Morgan fingerprint density at radius 2 is 1.85 bits per heavy atom. The highest BCUT2D eigenvalue weighted by Crippen LogP contribution is 2.27. The zero-order valence-electron chi connectivity index (χ0n) is 15.3. The molecule has 0 fully saturated rings. The van der Waals surface area contributed by atoms with Gasteiger partial charge in [0, 0.05) is 30.4 Å². The Morgan fingerprint density at radius 1 is 1.04 bits per heavy atom. The Labute approximate surface area is 155 Å². The molecule has 0 unspecified atom stereocenters. The van der Waals surface area contributed by atoms with Gasteiger partial charge in [-0.05, 0) is 31.5 Å². The number of hydrogen-bond acceptors (Lipinski definition) is 4. The fraction of sp³-hybridized carbons (Fsp3) is 0.182. The summed E-state index contributed by atoms with van der Waals surface area (Å²) in [7, 11) is 0. The summed E-state index contributed by atoms with van der Waals surface area (Å²) in [5.41, 5.74) is 4.27. The average molecular weight is 344 g/mol. The summed E-state index contributed by atoms with van der Waals surface area (Å²) < 4.78 is 0. The maximum Gasteiger partial charge on any atom is 0.232 e. The second-order valence-corrected chi connectivity index (χ2v) is 6.06. The van der Waals surface area contributed by atoms with Crippen LogP contribution in [0.4, 0.5) is 17.5 Å². The van der Waals surface area contributed by atoms with E-state index in [2.05, 4.69) is 67.0 Å². The molecule has 1 aromatic heterocycles. The van der Waals surface area contributed by atoms with E-state index in [9.17, 15) is 0 Å². The lowest BCUT2D eigenvalue weighted by molar-refractivity contribution is 0.947. The summed E-state index contributed by atoms with van der Waals surface area (Å²) in [6, 6.07) is 20.5. The van der Waals surface area contributed by atoms with Crippen LogP contribution in [0.1, 0.15) is 12.5 Å². The highest BCUT2D eigenvalue weighted by molar-refractivity contribution is 5.67. The standard InChI is InChI=1S/C22H24N4/c1-4-14-23-21-16-20(18-11-7-6-8-12-18)24-22(25-21)26(5-2)19-13-9-10-17(3)15-19/h4,6-13,15-16H,1,5,14H2,2-3H3,(H,23,24,25). The Bertz CT molecular complexity index is 874. The topological polar surface area (TPSA) is 41.1 Å². The maximum atomic E-state index is 4.84. The van der Waals surface area contributed by atoms with Crippen molar-refractivity contribution >= 4 is 17.5 Å². The van der Waals surface area contributed by atoms with Gasteiger partial charge in [0.1, 0.15) is 5.82 Å². The lowest BCUT2D eigenvalue weighted by atomic mass is 10.1. The third-order valence-electron chi connectivity index (χ3n) is 4.08. The van der Waals surface area contributed by atoms with Crippen molar-refractivity contribution in [3.63, 3.8) is 0 Å². The molecule has 4 nitrogen and oxygen atoms in total. The first-order valence-corrected chi connectivity index (χ1v) is 8.84. The first-order valence-electron chi connectivity index (χ1n) is 8.84. The van der Waals surface area contributed by atoms with Crippen molar-refractivity contribution in [2.45, 2.75) is 13.8 Å². The van der Waals surface area contributed by atoms with Gasteiger partial charge in [-0.1, -0.05) is 48.5 Å². The summed E-state index contributed by atoms with van der Waals surface area (Å²) in [6.45, 7) is 9.41. The smallest absolute Gasteiger partial charge is 0.232 e. The predicted molar refractivity (Wildman–Crippen MR) is 110 cm³/mol. The van der Waals surface area contributed by atoms with Gasteiger partial charge >= 0.3 is 0 Å². The SMILES string of the molecule is C=CCNc1cc(-c2ccccc2)nc(N(CC)c2cccc(C)c2)n1. The highest BCUT2D eigenvalue weighted by atomic mass is 15.3. The minimum Gasteiger partial charge on any atom is -0.366 e. The summed E-state index contributed by atoms with van der Waals surface area (Å²) in [4.78, 5) is 11.7. The lowest BCUT2D eigenvalue weighted by Gasteiger charge is -2.22. The van der Waals surface area contributed by atoms with Crippen LogP contribution in [0.5, 0.6) is 0 Å². The van der Waals surface area contributed by atoms with E-state index in [0.717, 1.165) is 29.3 Å². The van der Waals surface area contributed by atoms with E-state index in [-0.39, 0.29) is 0 Å². The second-order valence-electron chi connectivity index (χ2n) is 6.06. The zero-order valence-corrected chi connectivity index (χ0v) is 15.3. The van der Waals surface area contributed by atoms with Crippen molar-refractivity contribution in [1.82, 2.24) is 9.97 Å². The van der Waals surface area contributed by atoms with Gasteiger partial charge in [0.2, 0.25) is 5.95 Å². The Balaban J connectivity index is 2.07. The first-order chi connectivity index (χ1) is 12.7. The molecular weight excluding hydrogens is 320 g/mol. The summed E-state index contributed by atoms with van der Waals surface area (Å²) in [5, 5.41) is 3.29. The van der Waals surface area contributed by atoms with Crippen LogP contribution >= 0.6 is 0 Å². The fourth-order valence-corrected chi connectivity index (χ4v) is 2.81. The van der Waals surface area contributed by atoms with E-state index in [0.29, 0.717) is 12.5 Å². The van der Waals surface area contributed by atoms with Gasteiger partial charge in [-0.15, -0.1) is 6.58 Å². The number of aromatic nitrogens is 2. The van der Waals surface area contributed by atoms with Crippen molar-refractivity contribution in [2.24, 2.45) is 0 Å². The van der Waals surface area contributed by atoms with Crippen LogP contribution in [0, 0.1) is 6.92 Å². The summed E-state index contributed by atoms with van der Waals surface area (Å²) in [6.07, 6.45) is 1.82. The van der Waals surface area contributed by atoms with Crippen molar-refractivity contribution in [2.75, 3.05) is 23.3 Å². The number of rotatable bonds is 7. The van der Waals surface area contributed by atoms with Gasteiger partial charge in [0.05, 0.1) is 5.69 Å². The number of benzene rings is 2. The van der Waals surface area contributed by atoms with Gasteiger partial charge < -0.3 is 10.2 Å². The van der Waals surface area contributed by atoms with Crippen LogP contribution < -0.4 is 10.2 Å². The van der Waals surface area contributed by atoms with Crippen LogP contribution in [0.3, 0.4) is 0 Å². The van der Waals surface area contributed by atoms with Gasteiger partial charge in [-0.25, -0.2) is 4.98 Å². The molecule has 0 radical (unpaired) electrons. The van der Waals surface area contributed by atoms with E-state index in [4.69, 9.17) is 9.97 Å². The third kappa shape index (κ3) is 4.09. The molecular formula is C22H24N4. The van der Waals surface area contributed by atoms with Crippen LogP contribution in [-0.2, 0) is 0 Å². The van der Waals surface area contributed by atoms with E-state index in [1.807, 2.05) is 30.3 Å². The minimum atomic E-state index is 0.654. The number of hydrogen-bond donors (Lipinski definition) is 1. The van der Waals surface area contributed by atoms with Crippen LogP contribution in [0.2, 0.25) is 0 Å². The molecule has 1 heterocycles. The number of aryl methyl sites for hydroxylation is 1. The quantitative estimate of drug-likeness (QED) is 0.598. The Morgan fingerprint density at radius 3 is 2.54 bits per heavy atom. The normalized spacial score (nSPS) is 10.4. The minimum absolute atomic E-state index is 0.654. The molecule has 0 bridgehead atoms. The lowest BCUT2D eigenvalue weighted by Crippen LogP contribution is -2.20. The molecule has 3 aromatic rings. The molecule has 0 aliphatic rings. The third-order valence-corrected chi connectivity index (χ3v) is 4.08. The number of nitrogens with one attached hydrogen (secondary N) is 1. The molecule has 2 aromatic carbocycles. The first kappa shape index (κ1) is 17.7. The van der Waals surface area contributed by atoms with Crippen molar-refractivity contribution in [3.8, 4) is 11.3 Å². The average Bonchev–Trinajstić information content (AvgIpc) is 2.68. The van der Waals surface area contributed by atoms with Gasteiger partial charge in [-0.2, -0.15) is 4.98 Å². The fourth-order valence-electron chi connectivity index (χ4n) is 2.81. The van der Waals surface area contributed by atoms with E-state index in [1.54, 1.807) is 0 Å². The second kappa shape index (κ2) is 8.30. The molecule has 0 saturated heterocycles. The van der Waals surface area contributed by atoms with Crippen LogP contribution in [0.25, 0.3) is 11.3 Å². The van der Waals surface area contributed by atoms with Crippen molar-refractivity contribution in [1.29, 1.82) is 0 Å². The Kier molecular flexibility index (Phi) is 5.64. The molecule has 0 spiro atoms. The number of nitrogens with zero attached hydrogens (tertiary/aromatic N) is 3. The Hall–Kier alpha value is -3.14. The molecule has 0 amide bonds.